The van der Waals surface area contributed by atoms with Crippen molar-refractivity contribution in [1.82, 2.24) is 14.5 Å². The number of fused-ring (bicyclic) bond motifs is 1. The number of thioether (sulfide) groups is 1. The van der Waals surface area contributed by atoms with Crippen molar-refractivity contribution in [2.75, 3.05) is 13.1 Å². The monoisotopic (exact) mass is 447 g/mol. The lowest BCUT2D eigenvalue weighted by molar-refractivity contribution is -0.129. The number of hydrogen-bond acceptors (Lipinski definition) is 5. The van der Waals surface area contributed by atoms with Crippen molar-refractivity contribution in [3.05, 3.63) is 88.0 Å². The number of rotatable bonds is 5. The molecule has 4 aromatic rings. The highest BCUT2D eigenvalue weighted by Gasteiger charge is 2.30. The van der Waals surface area contributed by atoms with E-state index in [1.807, 2.05) is 77.0 Å². The summed E-state index contributed by atoms with van der Waals surface area (Å²) in [6, 6.07) is 21.1. The van der Waals surface area contributed by atoms with Crippen LogP contribution in [0.5, 0.6) is 0 Å². The summed E-state index contributed by atoms with van der Waals surface area (Å²) in [4.78, 5) is 34.3. The van der Waals surface area contributed by atoms with Crippen LogP contribution in [0.2, 0.25) is 0 Å². The highest BCUT2D eigenvalue weighted by molar-refractivity contribution is 8.00. The van der Waals surface area contributed by atoms with Crippen molar-refractivity contribution in [3.63, 3.8) is 0 Å². The molecule has 0 saturated carbocycles. The molecular weight excluding hydrogens is 426 g/mol. The second-order valence-corrected chi connectivity index (χ2v) is 9.42. The molecule has 7 heteroatoms. The summed E-state index contributed by atoms with van der Waals surface area (Å²) in [5.41, 5.74) is 1.56. The third-order valence-corrected chi connectivity index (χ3v) is 7.45. The first kappa shape index (κ1) is 20.0. The molecule has 0 spiro atoms. The number of nitrogens with zero attached hydrogens (tertiary/aromatic N) is 3. The Morgan fingerprint density at radius 1 is 0.968 bits per heavy atom. The molecule has 0 radical (unpaired) electrons. The van der Waals surface area contributed by atoms with Crippen LogP contribution in [-0.4, -0.2) is 33.4 Å². The summed E-state index contributed by atoms with van der Waals surface area (Å²) in [6.45, 7) is 1.57. The van der Waals surface area contributed by atoms with E-state index in [4.69, 9.17) is 4.98 Å². The maximum absolute atomic E-state index is 13.5. The minimum absolute atomic E-state index is 0.0776. The molecule has 0 N–H and O–H groups in total. The normalized spacial score (nSPS) is 14.8. The van der Waals surface area contributed by atoms with E-state index in [0.29, 0.717) is 15.4 Å². The van der Waals surface area contributed by atoms with Gasteiger partial charge in [0.05, 0.1) is 11.1 Å². The van der Waals surface area contributed by atoms with Gasteiger partial charge in [-0.25, -0.2) is 4.98 Å². The molecule has 1 amide bonds. The molecule has 31 heavy (non-hydrogen) atoms. The molecule has 3 heterocycles. The minimum atomic E-state index is -0.460. The maximum Gasteiger partial charge on any atom is 0.267 e. The fraction of sp³-hybridized carbons (Fsp3) is 0.208. The van der Waals surface area contributed by atoms with Crippen molar-refractivity contribution in [2.45, 2.75) is 23.2 Å². The minimum Gasteiger partial charge on any atom is -0.341 e. The second-order valence-electron chi connectivity index (χ2n) is 7.45. The van der Waals surface area contributed by atoms with Crippen LogP contribution in [0.1, 0.15) is 23.7 Å². The van der Waals surface area contributed by atoms with Gasteiger partial charge in [-0.1, -0.05) is 60.3 Å². The van der Waals surface area contributed by atoms with Gasteiger partial charge in [0.25, 0.3) is 5.56 Å². The number of likely N-dealkylation sites (tertiary alicyclic amines) is 1. The summed E-state index contributed by atoms with van der Waals surface area (Å²) in [7, 11) is 0. The Balaban J connectivity index is 1.64. The Bertz CT molecular complexity index is 1260. The molecule has 0 unspecified atom stereocenters. The van der Waals surface area contributed by atoms with Crippen molar-refractivity contribution >= 4 is 39.2 Å². The number of amides is 1. The van der Waals surface area contributed by atoms with E-state index >= 15 is 0 Å². The number of carbonyl (C=O) groups excluding carboxylic acids is 1. The van der Waals surface area contributed by atoms with Gasteiger partial charge in [-0.15, -0.1) is 11.3 Å². The number of carbonyl (C=O) groups is 1. The van der Waals surface area contributed by atoms with Crippen LogP contribution in [0.3, 0.4) is 0 Å². The molecule has 2 aromatic carbocycles. The molecule has 5 rings (SSSR count). The first-order chi connectivity index (χ1) is 15.2. The van der Waals surface area contributed by atoms with Crippen LogP contribution in [0, 0.1) is 0 Å². The standard InChI is InChI=1S/C24H21N3O2S2/c28-22-19-13-16-30-21(19)25-24(27(22)18-11-5-2-6-12-18)31-20(17-9-3-1-4-10-17)23(29)26-14-7-8-15-26/h1-6,9-13,16,20H,7-8,14-15H2/t20-/m1/s1. The van der Waals surface area contributed by atoms with E-state index in [1.165, 1.54) is 23.1 Å². The zero-order chi connectivity index (χ0) is 21.2. The van der Waals surface area contributed by atoms with E-state index < -0.39 is 5.25 Å². The maximum atomic E-state index is 13.5. The molecular formula is C24H21N3O2S2. The molecule has 0 aliphatic carbocycles. The molecule has 1 atom stereocenters. The summed E-state index contributed by atoms with van der Waals surface area (Å²) in [5.74, 6) is 0.0776. The van der Waals surface area contributed by atoms with Crippen LogP contribution >= 0.6 is 23.1 Å². The molecule has 2 aromatic heterocycles. The molecule has 1 aliphatic rings. The van der Waals surface area contributed by atoms with Crippen molar-refractivity contribution in [3.8, 4) is 5.69 Å². The summed E-state index contributed by atoms with van der Waals surface area (Å²) >= 11 is 2.80. The Kier molecular flexibility index (Phi) is 5.61. The van der Waals surface area contributed by atoms with Gasteiger partial charge in [0.15, 0.2) is 5.16 Å². The fourth-order valence-corrected chi connectivity index (χ4v) is 5.88. The number of para-hydroxylation sites is 1. The molecule has 156 valence electrons. The topological polar surface area (TPSA) is 55.2 Å². The zero-order valence-corrected chi connectivity index (χ0v) is 18.4. The van der Waals surface area contributed by atoms with Crippen LogP contribution in [0.15, 0.2) is 82.1 Å². The molecule has 1 saturated heterocycles. The Morgan fingerprint density at radius 2 is 1.65 bits per heavy atom. The number of hydrogen-bond donors (Lipinski definition) is 0. The van der Waals surface area contributed by atoms with E-state index in [0.717, 1.165) is 37.2 Å². The van der Waals surface area contributed by atoms with Gasteiger partial charge in [0.2, 0.25) is 5.91 Å². The van der Waals surface area contributed by atoms with Crippen LogP contribution in [-0.2, 0) is 4.79 Å². The van der Waals surface area contributed by atoms with Gasteiger partial charge >= 0.3 is 0 Å². The SMILES string of the molecule is O=C([C@H](Sc1nc2sccc2c(=O)n1-c1ccccc1)c1ccccc1)N1CCCC1. The highest BCUT2D eigenvalue weighted by Crippen LogP contribution is 2.37. The Hall–Kier alpha value is -2.90. The number of thiophene rings is 1. The predicted molar refractivity (Wildman–Crippen MR) is 126 cm³/mol. The van der Waals surface area contributed by atoms with E-state index in [9.17, 15) is 9.59 Å². The quantitative estimate of drug-likeness (QED) is 0.322. The van der Waals surface area contributed by atoms with Crippen molar-refractivity contribution in [1.29, 1.82) is 0 Å². The van der Waals surface area contributed by atoms with Crippen molar-refractivity contribution < 1.29 is 4.79 Å². The Morgan fingerprint density at radius 3 is 2.35 bits per heavy atom. The zero-order valence-electron chi connectivity index (χ0n) is 16.8. The lowest BCUT2D eigenvalue weighted by atomic mass is 10.1. The lowest BCUT2D eigenvalue weighted by Gasteiger charge is -2.24. The molecule has 1 aliphatic heterocycles. The number of aromatic nitrogens is 2. The highest BCUT2D eigenvalue weighted by atomic mass is 32.2. The molecule has 0 bridgehead atoms. The van der Waals surface area contributed by atoms with Gasteiger partial charge in [-0.3, -0.25) is 14.2 Å². The van der Waals surface area contributed by atoms with Crippen LogP contribution in [0.25, 0.3) is 15.9 Å². The Labute approximate surface area is 188 Å². The summed E-state index contributed by atoms with van der Waals surface area (Å²) in [6.07, 6.45) is 2.07. The van der Waals surface area contributed by atoms with E-state index in [-0.39, 0.29) is 11.5 Å². The van der Waals surface area contributed by atoms with Gasteiger partial charge in [0.1, 0.15) is 10.1 Å². The third kappa shape index (κ3) is 3.91. The average molecular weight is 448 g/mol. The first-order valence-electron chi connectivity index (χ1n) is 10.3. The largest absolute Gasteiger partial charge is 0.341 e. The van der Waals surface area contributed by atoms with Gasteiger partial charge < -0.3 is 4.90 Å². The number of benzene rings is 2. The average Bonchev–Trinajstić information content (AvgIpc) is 3.51. The van der Waals surface area contributed by atoms with Gasteiger partial charge in [-0.2, -0.15) is 0 Å². The first-order valence-corrected chi connectivity index (χ1v) is 12.0. The predicted octanol–water partition coefficient (Wildman–Crippen LogP) is 4.90. The molecule has 1 fully saturated rings. The van der Waals surface area contributed by atoms with Gasteiger partial charge in [-0.05, 0) is 42.0 Å². The van der Waals surface area contributed by atoms with Crippen LogP contribution in [0.4, 0.5) is 0 Å². The van der Waals surface area contributed by atoms with Crippen LogP contribution < -0.4 is 5.56 Å². The fourth-order valence-electron chi connectivity index (χ4n) is 3.88. The summed E-state index contributed by atoms with van der Waals surface area (Å²) in [5, 5.41) is 2.55. The molecule has 5 nitrogen and oxygen atoms in total. The van der Waals surface area contributed by atoms with E-state index in [1.54, 1.807) is 4.57 Å². The van der Waals surface area contributed by atoms with Gasteiger partial charge in [0, 0.05) is 13.1 Å². The lowest BCUT2D eigenvalue weighted by Crippen LogP contribution is -2.32. The van der Waals surface area contributed by atoms with Crippen molar-refractivity contribution in [2.24, 2.45) is 0 Å². The smallest absolute Gasteiger partial charge is 0.267 e. The summed E-state index contributed by atoms with van der Waals surface area (Å²) < 4.78 is 1.63. The second kappa shape index (κ2) is 8.69. The third-order valence-electron chi connectivity index (χ3n) is 5.45. The van der Waals surface area contributed by atoms with E-state index in [2.05, 4.69) is 0 Å².